The topological polar surface area (TPSA) is 41.9 Å². The van der Waals surface area contributed by atoms with E-state index in [1.807, 2.05) is 18.2 Å². The zero-order chi connectivity index (χ0) is 15.1. The van der Waals surface area contributed by atoms with Crippen LogP contribution in [-0.4, -0.2) is 50.0 Å². The maximum absolute atomic E-state index is 8.88. The van der Waals surface area contributed by atoms with Gasteiger partial charge in [-0.25, -0.2) is 0 Å². The van der Waals surface area contributed by atoms with Gasteiger partial charge in [-0.2, -0.15) is 0 Å². The van der Waals surface area contributed by atoms with Gasteiger partial charge in [0.1, 0.15) is 12.4 Å². The Labute approximate surface area is 126 Å². The Hall–Kier alpha value is -1.54. The van der Waals surface area contributed by atoms with Crippen molar-refractivity contribution in [3.63, 3.8) is 0 Å². The lowest BCUT2D eigenvalue weighted by atomic mass is 10.0. The Morgan fingerprint density at radius 3 is 2.95 bits per heavy atom. The molecule has 2 rings (SSSR count). The van der Waals surface area contributed by atoms with Crippen molar-refractivity contribution in [2.45, 2.75) is 25.5 Å². The highest BCUT2D eigenvalue weighted by Gasteiger charge is 2.20. The molecule has 4 nitrogen and oxygen atoms in total. The maximum atomic E-state index is 8.88. The third kappa shape index (κ3) is 4.47. The van der Waals surface area contributed by atoms with Crippen molar-refractivity contribution in [2.75, 3.05) is 33.9 Å². The van der Waals surface area contributed by atoms with E-state index in [2.05, 4.69) is 16.7 Å². The Morgan fingerprint density at radius 2 is 2.24 bits per heavy atom. The summed E-state index contributed by atoms with van der Waals surface area (Å²) in [5.74, 6) is 6.57. The molecule has 1 N–H and O–H groups in total. The van der Waals surface area contributed by atoms with E-state index in [1.165, 1.54) is 0 Å². The van der Waals surface area contributed by atoms with Crippen LogP contribution in [0.3, 0.4) is 0 Å². The van der Waals surface area contributed by atoms with Gasteiger partial charge < -0.3 is 14.6 Å². The molecular formula is C17H23NO3. The minimum atomic E-state index is -0.124. The molecule has 21 heavy (non-hydrogen) atoms. The average molecular weight is 289 g/mol. The van der Waals surface area contributed by atoms with E-state index in [1.54, 1.807) is 14.2 Å². The molecule has 0 radical (unpaired) electrons. The first-order chi connectivity index (χ1) is 10.3. The van der Waals surface area contributed by atoms with Crippen LogP contribution in [0.4, 0.5) is 0 Å². The van der Waals surface area contributed by atoms with Gasteiger partial charge in [0.15, 0.2) is 0 Å². The van der Waals surface area contributed by atoms with Crippen LogP contribution in [-0.2, 0) is 11.3 Å². The largest absolute Gasteiger partial charge is 0.497 e. The number of hydrogen-bond acceptors (Lipinski definition) is 4. The highest BCUT2D eigenvalue weighted by Crippen LogP contribution is 2.21. The number of aliphatic hydroxyl groups is 1. The summed E-state index contributed by atoms with van der Waals surface area (Å²) in [4.78, 5) is 2.39. The lowest BCUT2D eigenvalue weighted by Crippen LogP contribution is -2.38. The molecule has 0 aliphatic carbocycles. The van der Waals surface area contributed by atoms with E-state index in [-0.39, 0.29) is 6.61 Å². The van der Waals surface area contributed by atoms with Crippen LogP contribution in [0.1, 0.15) is 24.0 Å². The molecule has 0 spiro atoms. The van der Waals surface area contributed by atoms with E-state index < -0.39 is 0 Å². The van der Waals surface area contributed by atoms with Gasteiger partial charge in [-0.1, -0.05) is 11.8 Å². The van der Waals surface area contributed by atoms with Crippen molar-refractivity contribution < 1.29 is 14.6 Å². The van der Waals surface area contributed by atoms with E-state index >= 15 is 0 Å². The van der Waals surface area contributed by atoms with Gasteiger partial charge in [0, 0.05) is 25.8 Å². The van der Waals surface area contributed by atoms with Gasteiger partial charge in [0.2, 0.25) is 0 Å². The number of hydrogen-bond donors (Lipinski definition) is 1. The number of nitrogens with zero attached hydrogens (tertiary/aromatic N) is 1. The molecule has 1 aliphatic heterocycles. The summed E-state index contributed by atoms with van der Waals surface area (Å²) < 4.78 is 10.8. The van der Waals surface area contributed by atoms with Crippen molar-refractivity contribution >= 4 is 0 Å². The Balaban J connectivity index is 2.16. The molecule has 4 heteroatoms. The van der Waals surface area contributed by atoms with Gasteiger partial charge in [-0.05, 0) is 43.1 Å². The molecule has 1 aromatic carbocycles. The predicted octanol–water partition coefficient (Wildman–Crippen LogP) is 1.65. The maximum Gasteiger partial charge on any atom is 0.119 e. The summed E-state index contributed by atoms with van der Waals surface area (Å²) in [7, 11) is 3.44. The molecule has 1 fully saturated rings. The first-order valence-electron chi connectivity index (χ1n) is 7.28. The zero-order valence-electron chi connectivity index (χ0n) is 12.8. The molecule has 114 valence electrons. The van der Waals surface area contributed by atoms with Gasteiger partial charge in [0.05, 0.1) is 13.2 Å². The van der Waals surface area contributed by atoms with Crippen LogP contribution < -0.4 is 4.74 Å². The number of benzene rings is 1. The van der Waals surface area contributed by atoms with Gasteiger partial charge in [-0.15, -0.1) is 0 Å². The molecule has 1 aromatic rings. The number of piperidine rings is 1. The van der Waals surface area contributed by atoms with Crippen LogP contribution in [0.15, 0.2) is 18.2 Å². The summed E-state index contributed by atoms with van der Waals surface area (Å²) in [5.41, 5.74) is 2.08. The normalized spacial score (nSPS) is 18.9. The second kappa shape index (κ2) is 8.04. The van der Waals surface area contributed by atoms with E-state index in [4.69, 9.17) is 14.6 Å². The monoisotopic (exact) mass is 289 g/mol. The minimum absolute atomic E-state index is 0.124. The third-order valence-corrected chi connectivity index (χ3v) is 3.80. The molecule has 1 unspecified atom stereocenters. The molecule has 0 aromatic heterocycles. The van der Waals surface area contributed by atoms with Crippen molar-refractivity contribution in [3.05, 3.63) is 29.3 Å². The second-order valence-electron chi connectivity index (χ2n) is 5.22. The fourth-order valence-corrected chi connectivity index (χ4v) is 2.67. The Kier molecular flexibility index (Phi) is 6.06. The number of ether oxygens (including phenoxy) is 2. The number of aliphatic hydroxyl groups excluding tert-OH is 1. The summed E-state index contributed by atoms with van der Waals surface area (Å²) in [6.07, 6.45) is 2.60. The molecule has 1 aliphatic rings. The quantitative estimate of drug-likeness (QED) is 0.856. The third-order valence-electron chi connectivity index (χ3n) is 3.80. The lowest BCUT2D eigenvalue weighted by molar-refractivity contribution is 0.0285. The molecule has 0 amide bonds. The Bertz CT molecular complexity index is 519. The zero-order valence-corrected chi connectivity index (χ0v) is 12.8. The van der Waals surface area contributed by atoms with Crippen LogP contribution in [0.5, 0.6) is 5.75 Å². The van der Waals surface area contributed by atoms with E-state index in [9.17, 15) is 0 Å². The van der Waals surface area contributed by atoms with Crippen molar-refractivity contribution in [1.29, 1.82) is 0 Å². The van der Waals surface area contributed by atoms with Crippen LogP contribution >= 0.6 is 0 Å². The summed E-state index contributed by atoms with van der Waals surface area (Å²) in [6, 6.07) is 5.88. The lowest BCUT2D eigenvalue weighted by Gasteiger charge is -2.32. The summed E-state index contributed by atoms with van der Waals surface area (Å²) >= 11 is 0. The SMILES string of the molecule is COc1ccc(C#CCO)c(CN2CCCC(OC)C2)c1. The first-order valence-corrected chi connectivity index (χ1v) is 7.28. The predicted molar refractivity (Wildman–Crippen MR) is 82.3 cm³/mol. The average Bonchev–Trinajstić information content (AvgIpc) is 2.53. The van der Waals surface area contributed by atoms with E-state index in [0.717, 1.165) is 49.4 Å². The van der Waals surface area contributed by atoms with Crippen molar-refractivity contribution in [3.8, 4) is 17.6 Å². The van der Waals surface area contributed by atoms with Crippen LogP contribution in [0.2, 0.25) is 0 Å². The standard InChI is InChI=1S/C17H23NO3/c1-20-16-8-7-14(5-4-10-19)15(11-16)12-18-9-3-6-17(13-18)21-2/h7-8,11,17,19H,3,6,9-10,12-13H2,1-2H3. The first kappa shape index (κ1) is 15.8. The molecule has 1 saturated heterocycles. The van der Waals surface area contributed by atoms with Crippen LogP contribution in [0.25, 0.3) is 0 Å². The van der Waals surface area contributed by atoms with E-state index in [0.29, 0.717) is 6.10 Å². The smallest absolute Gasteiger partial charge is 0.119 e. The number of rotatable bonds is 4. The van der Waals surface area contributed by atoms with Gasteiger partial charge >= 0.3 is 0 Å². The van der Waals surface area contributed by atoms with Crippen molar-refractivity contribution in [1.82, 2.24) is 4.90 Å². The molecule has 1 heterocycles. The van der Waals surface area contributed by atoms with Crippen LogP contribution in [0, 0.1) is 11.8 Å². The highest BCUT2D eigenvalue weighted by atomic mass is 16.5. The fourth-order valence-electron chi connectivity index (χ4n) is 2.67. The second-order valence-corrected chi connectivity index (χ2v) is 5.22. The number of methoxy groups -OCH3 is 2. The number of likely N-dealkylation sites (tertiary alicyclic amines) is 1. The highest BCUT2D eigenvalue weighted by molar-refractivity contribution is 5.45. The molecule has 0 bridgehead atoms. The van der Waals surface area contributed by atoms with Crippen molar-refractivity contribution in [2.24, 2.45) is 0 Å². The molecule has 1 atom stereocenters. The fraction of sp³-hybridized carbons (Fsp3) is 0.529. The Morgan fingerprint density at radius 1 is 1.38 bits per heavy atom. The molecule has 0 saturated carbocycles. The minimum Gasteiger partial charge on any atom is -0.497 e. The summed E-state index contributed by atoms with van der Waals surface area (Å²) in [6.45, 7) is 2.72. The van der Waals surface area contributed by atoms with Gasteiger partial charge in [0.25, 0.3) is 0 Å². The van der Waals surface area contributed by atoms with Gasteiger partial charge in [-0.3, -0.25) is 4.90 Å². The molecular weight excluding hydrogens is 266 g/mol. The summed E-state index contributed by atoms with van der Waals surface area (Å²) in [5, 5.41) is 8.88.